The first kappa shape index (κ1) is 14.1. The maximum atomic E-state index is 13.3. The molecule has 2 aromatic rings. The van der Waals surface area contributed by atoms with Crippen LogP contribution in [0, 0.1) is 5.82 Å². The van der Waals surface area contributed by atoms with E-state index >= 15 is 0 Å². The molecule has 2 aromatic carbocycles. The molecular formula is C15H16FNO3. The van der Waals surface area contributed by atoms with Gasteiger partial charge in [-0.1, -0.05) is 0 Å². The van der Waals surface area contributed by atoms with Gasteiger partial charge in [-0.2, -0.15) is 0 Å². The van der Waals surface area contributed by atoms with Crippen LogP contribution >= 0.6 is 0 Å². The fourth-order valence-electron chi connectivity index (χ4n) is 2.00. The van der Waals surface area contributed by atoms with Crippen molar-refractivity contribution in [1.82, 2.24) is 0 Å². The largest absolute Gasteiger partial charge is 0.497 e. The number of hydrogen-bond donors (Lipinski definition) is 2. The van der Waals surface area contributed by atoms with Crippen molar-refractivity contribution in [2.24, 2.45) is 0 Å². The van der Waals surface area contributed by atoms with E-state index < -0.39 is 11.9 Å². The molecule has 1 atom stereocenters. The number of methoxy groups -OCH3 is 2. The first-order valence-corrected chi connectivity index (χ1v) is 6.01. The van der Waals surface area contributed by atoms with Crippen molar-refractivity contribution in [1.29, 1.82) is 0 Å². The molecule has 0 fully saturated rings. The number of hydrogen-bond acceptors (Lipinski definition) is 4. The van der Waals surface area contributed by atoms with Crippen molar-refractivity contribution in [3.8, 4) is 11.5 Å². The lowest BCUT2D eigenvalue weighted by Gasteiger charge is -2.17. The van der Waals surface area contributed by atoms with Gasteiger partial charge in [-0.05, 0) is 36.4 Å². The number of nitrogens with two attached hydrogens (primary N) is 1. The predicted molar refractivity (Wildman–Crippen MR) is 74.4 cm³/mol. The second-order valence-electron chi connectivity index (χ2n) is 4.28. The zero-order valence-electron chi connectivity index (χ0n) is 11.3. The zero-order valence-corrected chi connectivity index (χ0v) is 11.3. The van der Waals surface area contributed by atoms with Gasteiger partial charge in [0.15, 0.2) is 0 Å². The Hall–Kier alpha value is -2.27. The molecular weight excluding hydrogens is 261 g/mol. The van der Waals surface area contributed by atoms with Crippen molar-refractivity contribution in [3.63, 3.8) is 0 Å². The van der Waals surface area contributed by atoms with E-state index in [0.29, 0.717) is 22.7 Å². The normalized spacial score (nSPS) is 12.0. The number of nitrogen functional groups attached to an aromatic ring is 1. The van der Waals surface area contributed by atoms with E-state index in [2.05, 4.69) is 0 Å². The smallest absolute Gasteiger partial charge is 0.125 e. The van der Waals surface area contributed by atoms with Gasteiger partial charge in [0.1, 0.15) is 23.4 Å². The third-order valence-corrected chi connectivity index (χ3v) is 3.07. The third kappa shape index (κ3) is 2.67. The highest BCUT2D eigenvalue weighted by molar-refractivity contribution is 5.53. The molecule has 0 aliphatic carbocycles. The lowest BCUT2D eigenvalue weighted by Crippen LogP contribution is -2.06. The van der Waals surface area contributed by atoms with Crippen LogP contribution in [0.15, 0.2) is 36.4 Å². The van der Waals surface area contributed by atoms with E-state index in [0.717, 1.165) is 0 Å². The van der Waals surface area contributed by atoms with Crippen LogP contribution in [0.1, 0.15) is 17.2 Å². The molecule has 5 heteroatoms. The fourth-order valence-corrected chi connectivity index (χ4v) is 2.00. The molecule has 4 nitrogen and oxygen atoms in total. The Kier molecular flexibility index (Phi) is 4.10. The SMILES string of the molecule is COc1ccc(OC)c(C(O)c2cc(F)ccc2N)c1. The average Bonchev–Trinajstić information content (AvgIpc) is 2.48. The Bertz CT molecular complexity index is 616. The van der Waals surface area contributed by atoms with E-state index in [4.69, 9.17) is 15.2 Å². The quantitative estimate of drug-likeness (QED) is 0.843. The van der Waals surface area contributed by atoms with Crippen LogP contribution in [0.2, 0.25) is 0 Å². The molecule has 0 aliphatic heterocycles. The topological polar surface area (TPSA) is 64.7 Å². The number of anilines is 1. The Morgan fingerprint density at radius 3 is 2.45 bits per heavy atom. The number of aliphatic hydroxyl groups is 1. The van der Waals surface area contributed by atoms with Crippen molar-refractivity contribution in [2.45, 2.75) is 6.10 Å². The van der Waals surface area contributed by atoms with Crippen LogP contribution in [0.3, 0.4) is 0 Å². The number of aliphatic hydroxyl groups excluding tert-OH is 1. The van der Waals surface area contributed by atoms with Gasteiger partial charge < -0.3 is 20.3 Å². The fraction of sp³-hybridized carbons (Fsp3) is 0.200. The minimum Gasteiger partial charge on any atom is -0.497 e. The molecule has 2 rings (SSSR count). The number of ether oxygens (including phenoxy) is 2. The summed E-state index contributed by atoms with van der Waals surface area (Å²) in [6, 6.07) is 8.89. The van der Waals surface area contributed by atoms with E-state index in [-0.39, 0.29) is 5.56 Å². The molecule has 0 radical (unpaired) electrons. The average molecular weight is 277 g/mol. The van der Waals surface area contributed by atoms with Gasteiger partial charge in [0.25, 0.3) is 0 Å². The van der Waals surface area contributed by atoms with Gasteiger partial charge in [-0.25, -0.2) is 4.39 Å². The highest BCUT2D eigenvalue weighted by Gasteiger charge is 2.19. The molecule has 20 heavy (non-hydrogen) atoms. The predicted octanol–water partition coefficient (Wildman–Crippen LogP) is 2.51. The summed E-state index contributed by atoms with van der Waals surface area (Å²) in [4.78, 5) is 0. The molecule has 0 amide bonds. The van der Waals surface area contributed by atoms with Gasteiger partial charge in [-0.3, -0.25) is 0 Å². The van der Waals surface area contributed by atoms with Gasteiger partial charge in [0, 0.05) is 16.8 Å². The van der Waals surface area contributed by atoms with Crippen molar-refractivity contribution in [3.05, 3.63) is 53.3 Å². The highest BCUT2D eigenvalue weighted by atomic mass is 19.1. The van der Waals surface area contributed by atoms with Crippen molar-refractivity contribution < 1.29 is 19.0 Å². The van der Waals surface area contributed by atoms with E-state index in [1.54, 1.807) is 18.2 Å². The lowest BCUT2D eigenvalue weighted by molar-refractivity contribution is 0.214. The first-order chi connectivity index (χ1) is 9.56. The van der Waals surface area contributed by atoms with Crippen LogP contribution in [0.4, 0.5) is 10.1 Å². The second kappa shape index (κ2) is 5.79. The summed E-state index contributed by atoms with van der Waals surface area (Å²) >= 11 is 0. The third-order valence-electron chi connectivity index (χ3n) is 3.07. The molecule has 0 bridgehead atoms. The van der Waals surface area contributed by atoms with Crippen LogP contribution in [-0.4, -0.2) is 19.3 Å². The molecule has 106 valence electrons. The molecule has 1 unspecified atom stereocenters. The molecule has 0 aliphatic rings. The number of rotatable bonds is 4. The zero-order chi connectivity index (χ0) is 14.7. The second-order valence-corrected chi connectivity index (χ2v) is 4.28. The molecule has 0 saturated carbocycles. The van der Waals surface area contributed by atoms with Crippen LogP contribution < -0.4 is 15.2 Å². The van der Waals surface area contributed by atoms with Crippen LogP contribution in [0.5, 0.6) is 11.5 Å². The maximum absolute atomic E-state index is 13.3. The summed E-state index contributed by atoms with van der Waals surface area (Å²) < 4.78 is 23.7. The van der Waals surface area contributed by atoms with Crippen molar-refractivity contribution >= 4 is 5.69 Å². The van der Waals surface area contributed by atoms with E-state index in [1.165, 1.54) is 32.4 Å². The maximum Gasteiger partial charge on any atom is 0.125 e. The minimum absolute atomic E-state index is 0.288. The molecule has 0 aromatic heterocycles. The standard InChI is InChI=1S/C15H16FNO3/c1-19-10-4-6-14(20-2)12(8-10)15(18)11-7-9(16)3-5-13(11)17/h3-8,15,18H,17H2,1-2H3. The summed E-state index contributed by atoms with van der Waals surface area (Å²) in [7, 11) is 3.02. The van der Waals surface area contributed by atoms with Crippen LogP contribution in [0.25, 0.3) is 0 Å². The van der Waals surface area contributed by atoms with Gasteiger partial charge in [0.05, 0.1) is 14.2 Å². The first-order valence-electron chi connectivity index (χ1n) is 6.01. The number of benzene rings is 2. The summed E-state index contributed by atoms with van der Waals surface area (Å²) in [5, 5.41) is 10.4. The molecule has 0 spiro atoms. The summed E-state index contributed by atoms with van der Waals surface area (Å²) in [5.74, 6) is 0.576. The van der Waals surface area contributed by atoms with Crippen LogP contribution in [-0.2, 0) is 0 Å². The molecule has 3 N–H and O–H groups in total. The lowest BCUT2D eigenvalue weighted by atomic mass is 9.98. The molecule has 0 heterocycles. The Labute approximate surface area is 116 Å². The summed E-state index contributed by atoms with van der Waals surface area (Å²) in [6.07, 6.45) is -1.10. The van der Waals surface area contributed by atoms with Crippen molar-refractivity contribution in [2.75, 3.05) is 20.0 Å². The molecule has 0 saturated heterocycles. The Morgan fingerprint density at radius 2 is 1.80 bits per heavy atom. The monoisotopic (exact) mass is 277 g/mol. The highest BCUT2D eigenvalue weighted by Crippen LogP contribution is 2.35. The summed E-state index contributed by atoms with van der Waals surface area (Å²) in [5.41, 5.74) is 6.85. The van der Waals surface area contributed by atoms with Gasteiger partial charge in [-0.15, -0.1) is 0 Å². The Balaban J connectivity index is 2.51. The van der Waals surface area contributed by atoms with E-state index in [9.17, 15) is 9.50 Å². The van der Waals surface area contributed by atoms with Gasteiger partial charge >= 0.3 is 0 Å². The summed E-state index contributed by atoms with van der Waals surface area (Å²) in [6.45, 7) is 0. The minimum atomic E-state index is -1.10. The van der Waals surface area contributed by atoms with Gasteiger partial charge in [0.2, 0.25) is 0 Å². The Morgan fingerprint density at radius 1 is 1.05 bits per heavy atom. The number of halogens is 1. The van der Waals surface area contributed by atoms with E-state index in [1.807, 2.05) is 0 Å².